The van der Waals surface area contributed by atoms with Gasteiger partial charge in [0, 0.05) is 6.04 Å². The van der Waals surface area contributed by atoms with E-state index < -0.39 is 0 Å². The molecule has 1 rings (SSSR count). The van der Waals surface area contributed by atoms with Gasteiger partial charge in [0.25, 0.3) is 0 Å². The van der Waals surface area contributed by atoms with Gasteiger partial charge in [-0.25, -0.2) is 0 Å². The van der Waals surface area contributed by atoms with Gasteiger partial charge in [-0.3, -0.25) is 5.32 Å². The van der Waals surface area contributed by atoms with Crippen LogP contribution in [0.5, 0.6) is 0 Å². The molecule has 1 aliphatic carbocycles. The van der Waals surface area contributed by atoms with E-state index in [4.69, 9.17) is 0 Å². The molecule has 1 aliphatic rings. The van der Waals surface area contributed by atoms with Crippen LogP contribution in [0.2, 0.25) is 0 Å². The third-order valence-electron chi connectivity index (χ3n) is 3.85. The molecule has 0 saturated heterocycles. The van der Waals surface area contributed by atoms with Crippen molar-refractivity contribution in [2.45, 2.75) is 64.5 Å². The van der Waals surface area contributed by atoms with Gasteiger partial charge in [0.2, 0.25) is 0 Å². The van der Waals surface area contributed by atoms with E-state index in [2.05, 4.69) is 37.1 Å². The molecule has 0 spiro atoms. The average Bonchev–Trinajstić information content (AvgIpc) is 3.17. The molecule has 0 aromatic rings. The summed E-state index contributed by atoms with van der Waals surface area (Å²) in [5, 5.41) is 12.9. The van der Waals surface area contributed by atoms with E-state index in [1.807, 2.05) is 0 Å². The maximum atomic E-state index is 9.41. The Kier molecular flexibility index (Phi) is 5.94. The summed E-state index contributed by atoms with van der Waals surface area (Å²) in [5.41, 5.74) is -0.270. The standard InChI is InChI=1S/C14H27N3/c1-4-14(12-15,16-13-8-9-13)10-7-11-17(5-2)6-3/h13,16H,4-11H2,1-3H3. The highest BCUT2D eigenvalue weighted by molar-refractivity contribution is 5.09. The van der Waals surface area contributed by atoms with Crippen LogP contribution >= 0.6 is 0 Å². The predicted molar refractivity (Wildman–Crippen MR) is 71.8 cm³/mol. The van der Waals surface area contributed by atoms with Crippen LogP contribution in [0, 0.1) is 11.3 Å². The van der Waals surface area contributed by atoms with Crippen LogP contribution in [0.3, 0.4) is 0 Å². The molecule has 0 amide bonds. The second-order valence-electron chi connectivity index (χ2n) is 5.10. The van der Waals surface area contributed by atoms with Gasteiger partial charge in [-0.1, -0.05) is 20.8 Å². The van der Waals surface area contributed by atoms with E-state index in [9.17, 15) is 5.26 Å². The molecule has 1 atom stereocenters. The molecule has 3 heteroatoms. The maximum absolute atomic E-state index is 9.41. The minimum Gasteiger partial charge on any atom is -0.304 e. The summed E-state index contributed by atoms with van der Waals surface area (Å²) in [6.07, 6.45) is 5.51. The molecular weight excluding hydrogens is 210 g/mol. The molecule has 0 aliphatic heterocycles. The topological polar surface area (TPSA) is 39.1 Å². The van der Waals surface area contributed by atoms with E-state index in [1.165, 1.54) is 12.8 Å². The van der Waals surface area contributed by atoms with Gasteiger partial charge in [0.1, 0.15) is 5.54 Å². The number of rotatable bonds is 9. The first-order valence-corrected chi connectivity index (χ1v) is 7.11. The Morgan fingerprint density at radius 2 is 1.94 bits per heavy atom. The largest absolute Gasteiger partial charge is 0.304 e. The minimum atomic E-state index is -0.270. The van der Waals surface area contributed by atoms with Crippen LogP contribution in [0.15, 0.2) is 0 Å². The first-order valence-electron chi connectivity index (χ1n) is 7.11. The molecule has 0 aromatic carbocycles. The maximum Gasteiger partial charge on any atom is 0.106 e. The zero-order valence-corrected chi connectivity index (χ0v) is 11.6. The molecule has 3 nitrogen and oxygen atoms in total. The van der Waals surface area contributed by atoms with Gasteiger partial charge < -0.3 is 4.90 Å². The van der Waals surface area contributed by atoms with Crippen molar-refractivity contribution in [3.05, 3.63) is 0 Å². The van der Waals surface area contributed by atoms with Crippen molar-refractivity contribution in [3.63, 3.8) is 0 Å². The number of nitrogens with zero attached hydrogens (tertiary/aromatic N) is 2. The summed E-state index contributed by atoms with van der Waals surface area (Å²) >= 11 is 0. The lowest BCUT2D eigenvalue weighted by atomic mass is 9.91. The highest BCUT2D eigenvalue weighted by Crippen LogP contribution is 2.26. The van der Waals surface area contributed by atoms with E-state index in [0.717, 1.165) is 38.9 Å². The van der Waals surface area contributed by atoms with Crippen molar-refractivity contribution in [2.75, 3.05) is 19.6 Å². The summed E-state index contributed by atoms with van der Waals surface area (Å²) in [7, 11) is 0. The van der Waals surface area contributed by atoms with E-state index in [0.29, 0.717) is 6.04 Å². The van der Waals surface area contributed by atoms with Crippen LogP contribution in [-0.4, -0.2) is 36.1 Å². The number of nitriles is 1. The van der Waals surface area contributed by atoms with Crippen LogP contribution < -0.4 is 5.32 Å². The fraction of sp³-hybridized carbons (Fsp3) is 0.929. The zero-order valence-electron chi connectivity index (χ0n) is 11.6. The van der Waals surface area contributed by atoms with Gasteiger partial charge in [0.15, 0.2) is 0 Å². The van der Waals surface area contributed by atoms with Crippen LogP contribution in [0.25, 0.3) is 0 Å². The van der Waals surface area contributed by atoms with Gasteiger partial charge in [-0.05, 0) is 51.7 Å². The lowest BCUT2D eigenvalue weighted by Crippen LogP contribution is -2.45. The van der Waals surface area contributed by atoms with Crippen molar-refractivity contribution in [1.29, 1.82) is 5.26 Å². The Morgan fingerprint density at radius 1 is 1.29 bits per heavy atom. The molecule has 98 valence electrons. The van der Waals surface area contributed by atoms with Crippen molar-refractivity contribution >= 4 is 0 Å². The number of hydrogen-bond donors (Lipinski definition) is 1. The van der Waals surface area contributed by atoms with Crippen LogP contribution in [0.4, 0.5) is 0 Å². The zero-order chi connectivity index (χ0) is 12.7. The van der Waals surface area contributed by atoms with Gasteiger partial charge in [-0.15, -0.1) is 0 Å². The highest BCUT2D eigenvalue weighted by Gasteiger charge is 2.34. The second-order valence-corrected chi connectivity index (χ2v) is 5.10. The lowest BCUT2D eigenvalue weighted by Gasteiger charge is -2.28. The minimum absolute atomic E-state index is 0.270. The molecule has 1 saturated carbocycles. The van der Waals surface area contributed by atoms with E-state index in [1.54, 1.807) is 0 Å². The highest BCUT2D eigenvalue weighted by atomic mass is 15.1. The molecule has 17 heavy (non-hydrogen) atoms. The fourth-order valence-corrected chi connectivity index (χ4v) is 2.28. The molecule has 0 bridgehead atoms. The SMILES string of the molecule is CCN(CC)CCCC(C#N)(CC)NC1CC1. The Bertz CT molecular complexity index is 251. The third-order valence-corrected chi connectivity index (χ3v) is 3.85. The van der Waals surface area contributed by atoms with E-state index >= 15 is 0 Å². The lowest BCUT2D eigenvalue weighted by molar-refractivity contribution is 0.273. The molecule has 0 heterocycles. The molecule has 1 fully saturated rings. The second kappa shape index (κ2) is 6.98. The summed E-state index contributed by atoms with van der Waals surface area (Å²) in [6, 6.07) is 3.13. The molecule has 0 radical (unpaired) electrons. The van der Waals surface area contributed by atoms with Crippen molar-refractivity contribution in [2.24, 2.45) is 0 Å². The average molecular weight is 237 g/mol. The Hall–Kier alpha value is -0.590. The van der Waals surface area contributed by atoms with Gasteiger partial charge in [0.05, 0.1) is 6.07 Å². The first kappa shape index (κ1) is 14.5. The van der Waals surface area contributed by atoms with Gasteiger partial charge in [-0.2, -0.15) is 5.26 Å². The number of hydrogen-bond acceptors (Lipinski definition) is 3. The summed E-state index contributed by atoms with van der Waals surface area (Å²) < 4.78 is 0. The van der Waals surface area contributed by atoms with Crippen LogP contribution in [0.1, 0.15) is 52.9 Å². The fourth-order valence-electron chi connectivity index (χ4n) is 2.28. The smallest absolute Gasteiger partial charge is 0.106 e. The van der Waals surface area contributed by atoms with Gasteiger partial charge >= 0.3 is 0 Å². The molecule has 1 N–H and O–H groups in total. The van der Waals surface area contributed by atoms with E-state index in [-0.39, 0.29) is 5.54 Å². The monoisotopic (exact) mass is 237 g/mol. The Balaban J connectivity index is 2.35. The predicted octanol–water partition coefficient (Wildman–Crippen LogP) is 2.53. The third kappa shape index (κ3) is 4.65. The molecule has 0 aromatic heterocycles. The Labute approximate surface area is 106 Å². The summed E-state index contributed by atoms with van der Waals surface area (Å²) in [6.45, 7) is 9.85. The van der Waals surface area contributed by atoms with Crippen molar-refractivity contribution in [1.82, 2.24) is 10.2 Å². The van der Waals surface area contributed by atoms with Crippen molar-refractivity contribution < 1.29 is 0 Å². The van der Waals surface area contributed by atoms with Crippen molar-refractivity contribution in [3.8, 4) is 6.07 Å². The quantitative estimate of drug-likeness (QED) is 0.670. The normalized spacial score (nSPS) is 19.0. The summed E-state index contributed by atoms with van der Waals surface area (Å²) in [4.78, 5) is 2.43. The Morgan fingerprint density at radius 3 is 2.35 bits per heavy atom. The molecule has 1 unspecified atom stereocenters. The first-order chi connectivity index (χ1) is 8.19. The molecular formula is C14H27N3. The number of nitrogens with one attached hydrogen (secondary N) is 1. The van der Waals surface area contributed by atoms with Crippen LogP contribution in [-0.2, 0) is 0 Å². The summed E-state index contributed by atoms with van der Waals surface area (Å²) in [5.74, 6) is 0.